The predicted molar refractivity (Wildman–Crippen MR) is 134 cm³/mol. The van der Waals surface area contributed by atoms with E-state index in [0.717, 1.165) is 55.5 Å². The fourth-order valence-electron chi connectivity index (χ4n) is 5.32. The minimum Gasteiger partial charge on any atom is -0.493 e. The van der Waals surface area contributed by atoms with Crippen molar-refractivity contribution >= 4 is 24.1 Å². The predicted octanol–water partition coefficient (Wildman–Crippen LogP) is 5.88. The molecule has 0 aromatic heterocycles. The normalized spacial score (nSPS) is 23.4. The van der Waals surface area contributed by atoms with E-state index < -0.39 is 0 Å². The van der Waals surface area contributed by atoms with Gasteiger partial charge in [-0.2, -0.15) is 0 Å². The quantitative estimate of drug-likeness (QED) is 0.284. The molecule has 2 aromatic rings. The topological polar surface area (TPSA) is 67.8 Å². The van der Waals surface area contributed by atoms with E-state index in [-0.39, 0.29) is 30.4 Å². The van der Waals surface area contributed by atoms with Crippen LogP contribution < -0.4 is 14.8 Å². The summed E-state index contributed by atoms with van der Waals surface area (Å²) in [6.45, 7) is 4.26. The number of halogens is 1. The first-order valence-corrected chi connectivity index (χ1v) is 12.0. The summed E-state index contributed by atoms with van der Waals surface area (Å²) in [5, 5.41) is 13.9. The third kappa shape index (κ3) is 6.42. The minimum absolute atomic E-state index is 0. The molecule has 1 saturated carbocycles. The molecule has 0 bridgehead atoms. The summed E-state index contributed by atoms with van der Waals surface area (Å²) in [4.78, 5) is 11.8. The van der Waals surface area contributed by atoms with Crippen molar-refractivity contribution in [2.45, 2.75) is 76.9 Å². The molecule has 0 saturated heterocycles. The van der Waals surface area contributed by atoms with E-state index in [1.165, 1.54) is 12.5 Å². The summed E-state index contributed by atoms with van der Waals surface area (Å²) in [6, 6.07) is 14.7. The lowest BCUT2D eigenvalue weighted by atomic mass is 9.68. The van der Waals surface area contributed by atoms with Crippen molar-refractivity contribution in [3.63, 3.8) is 0 Å². The molecule has 6 heteroatoms. The Morgan fingerprint density at radius 2 is 1.91 bits per heavy atom. The number of hydrogen-bond acceptors (Lipinski definition) is 5. The number of rotatable bonds is 8. The van der Waals surface area contributed by atoms with E-state index in [1.807, 2.05) is 18.2 Å². The molecule has 2 aliphatic rings. The van der Waals surface area contributed by atoms with Crippen LogP contribution in [0.25, 0.3) is 0 Å². The van der Waals surface area contributed by atoms with Gasteiger partial charge in [-0.25, -0.2) is 0 Å². The Bertz CT molecular complexity index is 920. The molecule has 0 radical (unpaired) electrons. The first kappa shape index (κ1) is 25.4. The number of carbonyl (C=O) groups excluding carboxylic acids is 1. The van der Waals surface area contributed by atoms with E-state index in [1.54, 1.807) is 0 Å². The van der Waals surface area contributed by atoms with Gasteiger partial charge in [0.05, 0.1) is 12.7 Å². The fourth-order valence-corrected chi connectivity index (χ4v) is 5.32. The van der Waals surface area contributed by atoms with Crippen molar-refractivity contribution in [2.24, 2.45) is 5.92 Å². The molecule has 1 heterocycles. The Hall–Kier alpha value is -2.24. The Kier molecular flexibility index (Phi) is 9.04. The maximum Gasteiger partial charge on any atom is 0.308 e. The highest BCUT2D eigenvalue weighted by Gasteiger charge is 2.40. The Morgan fingerprint density at radius 3 is 2.67 bits per heavy atom. The number of unbranched alkanes of at least 4 members (excludes halogenated alkanes) is 2. The molecule has 180 valence electrons. The number of fused-ring (bicyclic) bond motifs is 3. The minimum atomic E-state index is -0.336. The van der Waals surface area contributed by atoms with Gasteiger partial charge in [-0.05, 0) is 69.3 Å². The molecular weight excluding hydrogens is 438 g/mol. The number of nitrogens with one attached hydrogen (secondary N) is 1. The van der Waals surface area contributed by atoms with E-state index in [0.29, 0.717) is 30.7 Å². The highest BCUT2D eigenvalue weighted by molar-refractivity contribution is 5.85. The number of aliphatic hydroxyl groups is 1. The summed E-state index contributed by atoms with van der Waals surface area (Å²) in [6.07, 6.45) is 6.52. The number of aryl methyl sites for hydroxylation is 1. The molecule has 2 N–H and O–H groups in total. The molecule has 4 atom stereocenters. The van der Waals surface area contributed by atoms with Crippen LogP contribution in [0.5, 0.6) is 11.5 Å². The Morgan fingerprint density at radius 1 is 1.12 bits per heavy atom. The maximum atomic E-state index is 11.8. The largest absolute Gasteiger partial charge is 0.493 e. The van der Waals surface area contributed by atoms with Gasteiger partial charge in [0, 0.05) is 36.3 Å². The van der Waals surface area contributed by atoms with Gasteiger partial charge in [-0.3, -0.25) is 4.79 Å². The van der Waals surface area contributed by atoms with Crippen molar-refractivity contribution in [3.8, 4) is 11.5 Å². The zero-order valence-electron chi connectivity index (χ0n) is 19.6. The van der Waals surface area contributed by atoms with E-state index in [9.17, 15) is 9.90 Å². The van der Waals surface area contributed by atoms with Gasteiger partial charge >= 0.3 is 5.97 Å². The lowest BCUT2D eigenvalue weighted by Crippen LogP contribution is -2.40. The van der Waals surface area contributed by atoms with Crippen molar-refractivity contribution < 1.29 is 19.4 Å². The Balaban J connectivity index is 0.00000306. The maximum absolute atomic E-state index is 11.8. The number of anilines is 1. The second-order valence-electron chi connectivity index (χ2n) is 9.29. The number of esters is 1. The Labute approximate surface area is 203 Å². The molecular formula is C27H36ClNO4. The molecule has 2 aromatic carbocycles. The first-order chi connectivity index (χ1) is 15.5. The van der Waals surface area contributed by atoms with E-state index >= 15 is 0 Å². The van der Waals surface area contributed by atoms with E-state index in [2.05, 4.69) is 36.5 Å². The van der Waals surface area contributed by atoms with Gasteiger partial charge in [0.2, 0.25) is 0 Å². The summed E-state index contributed by atoms with van der Waals surface area (Å²) in [5.41, 5.74) is 3.35. The number of aliphatic hydroxyl groups excluding tert-OH is 1. The van der Waals surface area contributed by atoms with Gasteiger partial charge in [0.1, 0.15) is 11.5 Å². The second kappa shape index (κ2) is 11.8. The standard InChI is InChI=1S/C27H35NO4.ClH/c1-18-23-13-12-21(30)15-24(23)27-25(28-18)16-22(17-26(27)32-19(2)29)31-14-8-4-7-11-20-9-5-3-6-10-20;/h3,5-6,9-10,16-18,21,23-24,28,30H,4,7-8,11-15H2,1-2H3;1H/t18-,21+,23-,24+;/m0./s1. The summed E-state index contributed by atoms with van der Waals surface area (Å²) < 4.78 is 11.7. The van der Waals surface area contributed by atoms with Crippen LogP contribution in [0.1, 0.15) is 69.4 Å². The van der Waals surface area contributed by atoms with Gasteiger partial charge in [-0.15, -0.1) is 12.4 Å². The fraction of sp³-hybridized carbons (Fsp3) is 0.519. The number of ether oxygens (including phenoxy) is 2. The molecule has 1 aliphatic carbocycles. The summed E-state index contributed by atoms with van der Waals surface area (Å²) in [7, 11) is 0. The molecule has 1 aliphatic heterocycles. The van der Waals surface area contributed by atoms with Crippen LogP contribution in [-0.4, -0.2) is 29.8 Å². The average Bonchev–Trinajstić information content (AvgIpc) is 2.76. The van der Waals surface area contributed by atoms with Crippen LogP contribution >= 0.6 is 12.4 Å². The van der Waals surface area contributed by atoms with E-state index in [4.69, 9.17) is 9.47 Å². The van der Waals surface area contributed by atoms with Gasteiger partial charge in [0.15, 0.2) is 0 Å². The van der Waals surface area contributed by atoms with Gasteiger partial charge in [0.25, 0.3) is 0 Å². The van der Waals surface area contributed by atoms with Crippen LogP contribution in [-0.2, 0) is 11.2 Å². The number of benzene rings is 2. The molecule has 5 nitrogen and oxygen atoms in total. The zero-order valence-corrected chi connectivity index (χ0v) is 20.4. The molecule has 1 fully saturated rings. The van der Waals surface area contributed by atoms with Crippen LogP contribution in [0.4, 0.5) is 5.69 Å². The third-order valence-electron chi connectivity index (χ3n) is 6.86. The summed E-state index contributed by atoms with van der Waals surface area (Å²) in [5.74, 6) is 1.56. The van der Waals surface area contributed by atoms with Crippen LogP contribution in [0.2, 0.25) is 0 Å². The zero-order chi connectivity index (χ0) is 22.5. The second-order valence-corrected chi connectivity index (χ2v) is 9.29. The van der Waals surface area contributed by atoms with Crippen LogP contribution in [0, 0.1) is 5.92 Å². The lowest BCUT2D eigenvalue weighted by Gasteiger charge is -2.44. The molecule has 0 spiro atoms. The highest BCUT2D eigenvalue weighted by Crippen LogP contribution is 2.51. The van der Waals surface area contributed by atoms with Gasteiger partial charge < -0.3 is 19.9 Å². The molecule has 0 amide bonds. The lowest BCUT2D eigenvalue weighted by molar-refractivity contribution is -0.131. The number of carbonyl (C=O) groups is 1. The first-order valence-electron chi connectivity index (χ1n) is 12.0. The molecule has 4 rings (SSSR count). The van der Waals surface area contributed by atoms with Crippen molar-refractivity contribution in [3.05, 3.63) is 53.6 Å². The molecule has 0 unspecified atom stereocenters. The van der Waals surface area contributed by atoms with Crippen molar-refractivity contribution in [1.29, 1.82) is 0 Å². The van der Waals surface area contributed by atoms with Crippen molar-refractivity contribution in [2.75, 3.05) is 11.9 Å². The average molecular weight is 474 g/mol. The highest BCUT2D eigenvalue weighted by atomic mass is 35.5. The van der Waals surface area contributed by atoms with Gasteiger partial charge in [-0.1, -0.05) is 30.3 Å². The third-order valence-corrected chi connectivity index (χ3v) is 6.86. The number of hydrogen-bond donors (Lipinski definition) is 2. The monoisotopic (exact) mass is 473 g/mol. The van der Waals surface area contributed by atoms with Crippen LogP contribution in [0.3, 0.4) is 0 Å². The summed E-state index contributed by atoms with van der Waals surface area (Å²) >= 11 is 0. The van der Waals surface area contributed by atoms with Crippen LogP contribution in [0.15, 0.2) is 42.5 Å². The SMILES string of the molecule is CC(=O)Oc1cc(OCCCCCc2ccccc2)cc2c1[C@@H]1C[C@H](O)CC[C@H]1[C@H](C)N2.Cl. The molecule has 33 heavy (non-hydrogen) atoms. The smallest absolute Gasteiger partial charge is 0.308 e. The van der Waals surface area contributed by atoms with Crippen molar-refractivity contribution in [1.82, 2.24) is 0 Å².